The normalized spacial score (nSPS) is 13.4. The highest BCUT2D eigenvalue weighted by atomic mass is 19.1. The molecule has 0 radical (unpaired) electrons. The van der Waals surface area contributed by atoms with E-state index >= 15 is 0 Å². The minimum Gasteiger partial charge on any atom is -0.387 e. The van der Waals surface area contributed by atoms with E-state index in [9.17, 15) is 9.50 Å². The molecule has 1 aromatic heterocycles. The van der Waals surface area contributed by atoms with Crippen molar-refractivity contribution in [3.63, 3.8) is 0 Å². The lowest BCUT2D eigenvalue weighted by Gasteiger charge is -2.21. The molecule has 2 N–H and O–H groups in total. The minimum atomic E-state index is -0.692. The van der Waals surface area contributed by atoms with Gasteiger partial charge in [-0.05, 0) is 53.4 Å². The molecule has 3 aromatic rings. The molecule has 25 heavy (non-hydrogen) atoms. The summed E-state index contributed by atoms with van der Waals surface area (Å²) in [5, 5.41) is 13.7. The van der Waals surface area contributed by atoms with Gasteiger partial charge < -0.3 is 10.4 Å². The summed E-state index contributed by atoms with van der Waals surface area (Å²) in [6.45, 7) is 2.55. The Labute approximate surface area is 147 Å². The molecule has 1 heterocycles. The highest BCUT2D eigenvalue weighted by Crippen LogP contribution is 2.20. The van der Waals surface area contributed by atoms with Gasteiger partial charge in [0, 0.05) is 25.0 Å². The van der Waals surface area contributed by atoms with Gasteiger partial charge in [0.25, 0.3) is 0 Å². The van der Waals surface area contributed by atoms with Gasteiger partial charge in [0.05, 0.1) is 6.10 Å². The number of rotatable bonds is 6. The van der Waals surface area contributed by atoms with Gasteiger partial charge in [0.1, 0.15) is 5.82 Å². The third-order valence-electron chi connectivity index (χ3n) is 4.24. The third-order valence-corrected chi connectivity index (χ3v) is 4.24. The monoisotopic (exact) mass is 336 g/mol. The molecule has 0 aliphatic rings. The molecule has 2 atom stereocenters. The van der Waals surface area contributed by atoms with Crippen LogP contribution in [0.3, 0.4) is 0 Å². The van der Waals surface area contributed by atoms with Crippen molar-refractivity contribution in [3.05, 3.63) is 90.0 Å². The molecule has 2 unspecified atom stereocenters. The van der Waals surface area contributed by atoms with Crippen molar-refractivity contribution in [1.29, 1.82) is 0 Å². The lowest BCUT2D eigenvalue weighted by Crippen LogP contribution is -2.31. The molecule has 0 amide bonds. The number of nitrogens with zero attached hydrogens (tertiary/aromatic N) is 1. The van der Waals surface area contributed by atoms with Crippen molar-refractivity contribution < 1.29 is 9.50 Å². The highest BCUT2D eigenvalue weighted by Gasteiger charge is 2.16. The Balaban J connectivity index is 1.64. The van der Waals surface area contributed by atoms with Crippen LogP contribution in [-0.2, 0) is 6.54 Å². The summed E-state index contributed by atoms with van der Waals surface area (Å²) in [6, 6.07) is 18.0. The van der Waals surface area contributed by atoms with E-state index in [1.54, 1.807) is 18.3 Å². The molecule has 3 rings (SSSR count). The number of nitrogens with one attached hydrogen (secondary N) is 1. The SMILES string of the molecule is CC(NCc1cccc(-c2cccnc2)c1)C(O)c1ccc(F)cc1. The van der Waals surface area contributed by atoms with E-state index in [4.69, 9.17) is 0 Å². The second-order valence-electron chi connectivity index (χ2n) is 6.11. The van der Waals surface area contributed by atoms with E-state index in [-0.39, 0.29) is 11.9 Å². The summed E-state index contributed by atoms with van der Waals surface area (Å²) in [6.07, 6.45) is 2.91. The average molecular weight is 336 g/mol. The Morgan fingerprint density at radius 2 is 1.80 bits per heavy atom. The zero-order valence-corrected chi connectivity index (χ0v) is 14.1. The fourth-order valence-electron chi connectivity index (χ4n) is 2.73. The maximum atomic E-state index is 13.0. The van der Waals surface area contributed by atoms with Crippen molar-refractivity contribution in [2.45, 2.75) is 25.6 Å². The molecule has 4 heteroatoms. The Kier molecular flexibility index (Phi) is 5.53. The topological polar surface area (TPSA) is 45.2 Å². The number of aliphatic hydroxyl groups is 1. The van der Waals surface area contributed by atoms with Crippen LogP contribution in [0.2, 0.25) is 0 Å². The molecule has 0 bridgehead atoms. The lowest BCUT2D eigenvalue weighted by atomic mass is 10.0. The van der Waals surface area contributed by atoms with Gasteiger partial charge in [-0.15, -0.1) is 0 Å². The van der Waals surface area contributed by atoms with Crippen LogP contribution in [0.4, 0.5) is 4.39 Å². The van der Waals surface area contributed by atoms with Gasteiger partial charge >= 0.3 is 0 Å². The predicted octanol–water partition coefficient (Wildman–Crippen LogP) is 4.10. The van der Waals surface area contributed by atoms with Crippen molar-refractivity contribution in [2.75, 3.05) is 0 Å². The Bertz CT molecular complexity index is 806. The van der Waals surface area contributed by atoms with Gasteiger partial charge in [-0.25, -0.2) is 4.39 Å². The van der Waals surface area contributed by atoms with E-state index < -0.39 is 6.10 Å². The first-order chi connectivity index (χ1) is 12.1. The molecule has 0 aliphatic carbocycles. The van der Waals surface area contributed by atoms with Crippen molar-refractivity contribution in [1.82, 2.24) is 10.3 Å². The fraction of sp³-hybridized carbons (Fsp3) is 0.190. The second kappa shape index (κ2) is 8.01. The minimum absolute atomic E-state index is 0.160. The molecule has 2 aromatic carbocycles. The molecule has 0 aliphatic heterocycles. The number of hydrogen-bond acceptors (Lipinski definition) is 3. The van der Waals surface area contributed by atoms with E-state index in [1.807, 2.05) is 37.4 Å². The van der Waals surface area contributed by atoms with Crippen LogP contribution in [0.5, 0.6) is 0 Å². The Hall–Kier alpha value is -2.56. The number of aromatic nitrogens is 1. The second-order valence-corrected chi connectivity index (χ2v) is 6.11. The predicted molar refractivity (Wildman–Crippen MR) is 97.3 cm³/mol. The first kappa shape index (κ1) is 17.3. The van der Waals surface area contributed by atoms with Crippen molar-refractivity contribution >= 4 is 0 Å². The largest absolute Gasteiger partial charge is 0.387 e. The van der Waals surface area contributed by atoms with Crippen LogP contribution in [0, 0.1) is 5.82 Å². The summed E-state index contributed by atoms with van der Waals surface area (Å²) in [4.78, 5) is 4.15. The molecular formula is C21H21FN2O. The maximum Gasteiger partial charge on any atom is 0.123 e. The summed E-state index contributed by atoms with van der Waals surface area (Å²) in [7, 11) is 0. The smallest absolute Gasteiger partial charge is 0.123 e. The number of hydrogen-bond donors (Lipinski definition) is 2. The average Bonchev–Trinajstić information content (AvgIpc) is 2.67. The lowest BCUT2D eigenvalue weighted by molar-refractivity contribution is 0.135. The van der Waals surface area contributed by atoms with Crippen LogP contribution in [0.1, 0.15) is 24.2 Å². The van der Waals surface area contributed by atoms with Crippen LogP contribution in [-0.4, -0.2) is 16.1 Å². The quantitative estimate of drug-likeness (QED) is 0.712. The zero-order chi connectivity index (χ0) is 17.6. The molecule has 128 valence electrons. The molecule has 3 nitrogen and oxygen atoms in total. The van der Waals surface area contributed by atoms with Gasteiger partial charge in [0.2, 0.25) is 0 Å². The van der Waals surface area contributed by atoms with Gasteiger partial charge in [-0.1, -0.05) is 36.4 Å². The molecule has 0 saturated heterocycles. The molecule has 0 spiro atoms. The zero-order valence-electron chi connectivity index (χ0n) is 14.1. The summed E-state index contributed by atoms with van der Waals surface area (Å²) in [5.41, 5.74) is 4.01. The first-order valence-corrected chi connectivity index (χ1v) is 8.30. The third kappa shape index (κ3) is 4.50. The molecule has 0 saturated carbocycles. The van der Waals surface area contributed by atoms with Crippen molar-refractivity contribution in [3.8, 4) is 11.1 Å². The van der Waals surface area contributed by atoms with E-state index in [0.717, 1.165) is 16.7 Å². The molecular weight excluding hydrogens is 315 g/mol. The maximum absolute atomic E-state index is 13.0. The fourth-order valence-corrected chi connectivity index (χ4v) is 2.73. The van der Waals surface area contributed by atoms with Gasteiger partial charge in [-0.2, -0.15) is 0 Å². The summed E-state index contributed by atoms with van der Waals surface area (Å²) in [5.74, 6) is -0.302. The van der Waals surface area contributed by atoms with Gasteiger partial charge in [-0.3, -0.25) is 4.98 Å². The number of pyridine rings is 1. The van der Waals surface area contributed by atoms with Crippen LogP contribution in [0.25, 0.3) is 11.1 Å². The van der Waals surface area contributed by atoms with E-state index in [1.165, 1.54) is 12.1 Å². The first-order valence-electron chi connectivity index (χ1n) is 8.30. The van der Waals surface area contributed by atoms with Crippen LogP contribution in [0.15, 0.2) is 73.1 Å². The summed E-state index contributed by atoms with van der Waals surface area (Å²) < 4.78 is 13.0. The Morgan fingerprint density at radius 3 is 2.52 bits per heavy atom. The standard InChI is InChI=1S/C21H21FN2O/c1-15(21(25)17-7-9-20(22)10-8-17)24-13-16-4-2-5-18(12-16)19-6-3-11-23-14-19/h2-12,14-15,21,24-25H,13H2,1H3. The number of aliphatic hydroxyl groups excluding tert-OH is 1. The van der Waals surface area contributed by atoms with E-state index in [0.29, 0.717) is 12.1 Å². The molecule has 0 fully saturated rings. The highest BCUT2D eigenvalue weighted by molar-refractivity contribution is 5.62. The van der Waals surface area contributed by atoms with E-state index in [2.05, 4.69) is 22.4 Å². The van der Waals surface area contributed by atoms with Gasteiger partial charge in [0.15, 0.2) is 0 Å². The number of halogens is 1. The van der Waals surface area contributed by atoms with Crippen LogP contribution >= 0.6 is 0 Å². The Morgan fingerprint density at radius 1 is 1.04 bits per heavy atom. The summed E-state index contributed by atoms with van der Waals surface area (Å²) >= 11 is 0. The van der Waals surface area contributed by atoms with Crippen molar-refractivity contribution in [2.24, 2.45) is 0 Å². The number of benzene rings is 2. The van der Waals surface area contributed by atoms with Crippen LogP contribution < -0.4 is 5.32 Å².